The van der Waals surface area contributed by atoms with E-state index in [2.05, 4.69) is 74.5 Å². The van der Waals surface area contributed by atoms with E-state index in [9.17, 15) is 0 Å². The van der Waals surface area contributed by atoms with Gasteiger partial charge in [0.2, 0.25) is 0 Å². The van der Waals surface area contributed by atoms with Crippen LogP contribution in [-0.4, -0.2) is 69.9 Å². The second-order valence-corrected chi connectivity index (χ2v) is 6.58. The minimum absolute atomic E-state index is 0. The first kappa shape index (κ1) is 28.8. The molecule has 3 nitrogen and oxygen atoms in total. The van der Waals surface area contributed by atoms with E-state index in [4.69, 9.17) is 0 Å². The maximum absolute atomic E-state index is 4.56. The maximum atomic E-state index is 4.56. The molecule has 0 aromatic carbocycles. The fourth-order valence-electron chi connectivity index (χ4n) is 0. The Balaban J connectivity index is -0.0000000865. The second-order valence-electron chi connectivity index (χ2n) is 3.48. The van der Waals surface area contributed by atoms with Crippen LogP contribution in [0.25, 0.3) is 0 Å². The molecule has 0 aromatic heterocycles. The molecule has 0 bridgehead atoms. The minimum atomic E-state index is 0. The molecule has 0 aliphatic carbocycles. The van der Waals surface area contributed by atoms with Crippen LogP contribution < -0.4 is 0 Å². The van der Waals surface area contributed by atoms with E-state index in [0.29, 0.717) is 13.0 Å². The summed E-state index contributed by atoms with van der Waals surface area (Å²) in [6, 6.07) is 0. The van der Waals surface area contributed by atoms with Gasteiger partial charge in [0.05, 0.1) is 0 Å². The summed E-state index contributed by atoms with van der Waals surface area (Å²) >= 11 is 27.4. The van der Waals surface area contributed by atoms with E-state index in [1.807, 2.05) is 42.3 Å². The van der Waals surface area contributed by atoms with Gasteiger partial charge < -0.3 is 89.2 Å². The summed E-state index contributed by atoms with van der Waals surface area (Å²) in [6.07, 6.45) is 0. The average Bonchev–Trinajstić information content (AvgIpc) is 2.18. The Morgan fingerprint density at radius 3 is 0.632 bits per heavy atom. The van der Waals surface area contributed by atoms with E-state index >= 15 is 0 Å². The molecule has 0 fully saturated rings. The van der Waals surface area contributed by atoms with Gasteiger partial charge in [-0.1, -0.05) is 13.0 Å². The van der Waals surface area contributed by atoms with Crippen LogP contribution in [0.15, 0.2) is 0 Å². The number of thiocarbonyl (C=S) groups is 3. The molecule has 0 rings (SSSR count). The smallest absolute Gasteiger partial charge is 0.411 e. The molecule has 0 heterocycles. The Bertz CT molecular complexity index is 228. The van der Waals surface area contributed by atoms with Crippen molar-refractivity contribution >= 4 is 87.5 Å². The molecule has 0 saturated heterocycles. The molecule has 0 aromatic rings. The average molecular weight is 511 g/mol. The van der Waals surface area contributed by atoms with Crippen molar-refractivity contribution in [2.24, 2.45) is 0 Å². The van der Waals surface area contributed by atoms with Crippen LogP contribution in [0, 0.1) is 40.4 Å². The van der Waals surface area contributed by atoms with Gasteiger partial charge in [-0.3, -0.25) is 0 Å². The summed E-state index contributed by atoms with van der Waals surface area (Å²) < 4.78 is 1.53. The van der Waals surface area contributed by atoms with Gasteiger partial charge in [0, 0.05) is 42.3 Å². The molecule has 0 aliphatic rings. The molecule has 0 atom stereocenters. The first-order valence-electron chi connectivity index (χ1n) is 4.58. The van der Waals surface area contributed by atoms with Gasteiger partial charge >= 0.3 is 40.4 Å². The fraction of sp³-hybridized carbons (Fsp3) is 0.667. The van der Waals surface area contributed by atoms with Gasteiger partial charge in [-0.15, -0.1) is 0 Å². The van der Waals surface area contributed by atoms with E-state index < -0.39 is 0 Å². The summed E-state index contributed by atoms with van der Waals surface area (Å²) in [7, 11) is 11.0. The van der Waals surface area contributed by atoms with Crippen molar-refractivity contribution in [1.29, 1.82) is 0 Å². The molecule has 19 heavy (non-hydrogen) atoms. The molecule has 1 radical (unpaired) electrons. The first-order valence-corrected chi connectivity index (χ1v) is 7.03. The quantitative estimate of drug-likeness (QED) is 0.347. The van der Waals surface area contributed by atoms with Crippen LogP contribution in [0.3, 0.4) is 0 Å². The topological polar surface area (TPSA) is 9.72 Å². The van der Waals surface area contributed by atoms with Crippen LogP contribution in [0.5, 0.6) is 0 Å². The van der Waals surface area contributed by atoms with Crippen LogP contribution >= 0.6 is 36.7 Å². The molecular formula is C9H18N3S6Sm. The summed E-state index contributed by atoms with van der Waals surface area (Å²) in [5.74, 6) is 0. The Labute approximate surface area is 182 Å². The first-order chi connectivity index (χ1) is 7.93. The van der Waals surface area contributed by atoms with Gasteiger partial charge in [-0.25, -0.2) is 0 Å². The van der Waals surface area contributed by atoms with Crippen molar-refractivity contribution in [2.75, 3.05) is 42.3 Å². The van der Waals surface area contributed by atoms with Crippen molar-refractivity contribution in [2.45, 2.75) is 0 Å². The molecule has 111 valence electrons. The molecule has 10 heteroatoms. The molecule has 0 saturated carbocycles. The Morgan fingerprint density at radius 2 is 0.632 bits per heavy atom. The Kier molecular flexibility index (Phi) is 26.8. The summed E-state index contributed by atoms with van der Waals surface area (Å²) in [5.41, 5.74) is 0. The summed E-state index contributed by atoms with van der Waals surface area (Å²) in [4.78, 5) is 5.14. The molecule has 0 N–H and O–H groups in total. The number of hydrogen-bond acceptors (Lipinski definition) is 6. The second kappa shape index (κ2) is 17.7. The molecule has 0 unspecified atom stereocenters. The fourth-order valence-corrected chi connectivity index (χ4v) is 0. The van der Waals surface area contributed by atoms with Gasteiger partial charge in [-0.2, -0.15) is 0 Å². The van der Waals surface area contributed by atoms with Crippen molar-refractivity contribution in [3.63, 3.8) is 0 Å². The summed E-state index contributed by atoms with van der Waals surface area (Å²) in [6.45, 7) is 0. The molecule has 0 aliphatic heterocycles. The van der Waals surface area contributed by atoms with Crippen molar-refractivity contribution in [3.05, 3.63) is 0 Å². The SMILES string of the molecule is CN(C)C(=S)[S-].CN(C)C(=S)[S-].CN(C)C(=S)[S-].[Sm+3]. The van der Waals surface area contributed by atoms with E-state index in [1.165, 1.54) is 0 Å². The third-order valence-electron chi connectivity index (χ3n) is 1.10. The van der Waals surface area contributed by atoms with Crippen LogP contribution in [0.1, 0.15) is 0 Å². The van der Waals surface area contributed by atoms with E-state index in [0.717, 1.165) is 0 Å². The standard InChI is InChI=1S/3C3H7NS2.Sm/c3*1-4(2)3(5)6;/h3*1-2H3,(H,5,6);/q;;;+3/p-3. The maximum Gasteiger partial charge on any atom is 3.00 e. The zero-order valence-corrected chi connectivity index (χ0v) is 19.2. The number of nitrogens with zero attached hydrogens (tertiary/aromatic N) is 3. The van der Waals surface area contributed by atoms with E-state index in [-0.39, 0.29) is 40.4 Å². The number of rotatable bonds is 0. The Morgan fingerprint density at radius 1 is 0.579 bits per heavy atom. The Hall–Kier alpha value is 1.67. The van der Waals surface area contributed by atoms with Crippen molar-refractivity contribution < 1.29 is 40.4 Å². The predicted octanol–water partition coefficient (Wildman–Crippen LogP) is 1.14. The third-order valence-corrected chi connectivity index (χ3v) is 3.29. The summed E-state index contributed by atoms with van der Waals surface area (Å²) in [5, 5.41) is 0. The van der Waals surface area contributed by atoms with Crippen LogP contribution in [0.4, 0.5) is 0 Å². The van der Waals surface area contributed by atoms with E-state index in [1.54, 1.807) is 14.7 Å². The van der Waals surface area contributed by atoms with Gasteiger partial charge in [0.25, 0.3) is 0 Å². The van der Waals surface area contributed by atoms with Crippen molar-refractivity contribution in [3.8, 4) is 0 Å². The third kappa shape index (κ3) is 32.9. The van der Waals surface area contributed by atoms with Gasteiger partial charge in [0.1, 0.15) is 0 Å². The van der Waals surface area contributed by atoms with Crippen LogP contribution in [0.2, 0.25) is 0 Å². The molecule has 0 spiro atoms. The van der Waals surface area contributed by atoms with Gasteiger partial charge in [-0.05, 0) is 0 Å². The van der Waals surface area contributed by atoms with Crippen molar-refractivity contribution in [1.82, 2.24) is 14.7 Å². The normalized spacial score (nSPS) is 7.26. The molecular weight excluding hydrogens is 493 g/mol. The van der Waals surface area contributed by atoms with Crippen LogP contribution in [-0.2, 0) is 37.9 Å². The monoisotopic (exact) mass is 512 g/mol. The predicted molar refractivity (Wildman–Crippen MR) is 101 cm³/mol. The molecule has 0 amide bonds. The zero-order valence-electron chi connectivity index (χ0n) is 11.7. The van der Waals surface area contributed by atoms with Gasteiger partial charge in [0.15, 0.2) is 0 Å². The number of hydrogen-bond donors (Lipinski definition) is 0. The minimum Gasteiger partial charge on any atom is -0.411 e. The largest absolute Gasteiger partial charge is 3.00 e. The zero-order chi connectivity index (χ0) is 15.5.